The number of hydrogen-bond acceptors (Lipinski definition) is 3. The molecule has 1 heterocycles. The predicted octanol–water partition coefficient (Wildman–Crippen LogP) is 4.15. The van der Waals surface area contributed by atoms with E-state index in [0.29, 0.717) is 30.6 Å². The Kier molecular flexibility index (Phi) is 7.11. The summed E-state index contributed by atoms with van der Waals surface area (Å²) in [6, 6.07) is 7.28. The van der Waals surface area contributed by atoms with Gasteiger partial charge in [0.2, 0.25) is 5.91 Å². The smallest absolute Gasteiger partial charge is 0.335 e. The third kappa shape index (κ3) is 4.75. The van der Waals surface area contributed by atoms with Crippen LogP contribution in [0.2, 0.25) is 0 Å². The Morgan fingerprint density at radius 3 is 2.50 bits per heavy atom. The minimum atomic E-state index is -0.860. The van der Waals surface area contributed by atoms with Crippen LogP contribution in [0.3, 0.4) is 0 Å². The van der Waals surface area contributed by atoms with Gasteiger partial charge in [0, 0.05) is 26.3 Å². The Morgan fingerprint density at radius 1 is 1.18 bits per heavy atom. The Balaban J connectivity index is 1.57. The zero-order chi connectivity index (χ0) is 20.0. The van der Waals surface area contributed by atoms with E-state index < -0.39 is 5.97 Å². The van der Waals surface area contributed by atoms with Crippen molar-refractivity contribution in [3.63, 3.8) is 0 Å². The molecule has 1 aliphatic heterocycles. The van der Waals surface area contributed by atoms with Crippen LogP contribution in [0, 0.1) is 11.3 Å². The fraction of sp³-hybridized carbons (Fsp3) is 0.652. The van der Waals surface area contributed by atoms with E-state index in [4.69, 9.17) is 4.74 Å². The van der Waals surface area contributed by atoms with Gasteiger partial charge in [-0.05, 0) is 63.0 Å². The molecule has 1 aromatic carbocycles. The largest absolute Gasteiger partial charge is 0.478 e. The van der Waals surface area contributed by atoms with Crippen molar-refractivity contribution in [1.82, 2.24) is 4.90 Å². The van der Waals surface area contributed by atoms with Gasteiger partial charge in [0.05, 0.1) is 11.0 Å². The molecule has 5 nitrogen and oxygen atoms in total. The highest BCUT2D eigenvalue weighted by molar-refractivity contribution is 5.89. The number of carboxylic acids is 1. The molecule has 0 aromatic heterocycles. The van der Waals surface area contributed by atoms with E-state index in [9.17, 15) is 14.7 Å². The Bertz CT molecular complexity index is 673. The van der Waals surface area contributed by atoms with E-state index in [0.717, 1.165) is 70.0 Å². The Labute approximate surface area is 168 Å². The van der Waals surface area contributed by atoms with Crippen LogP contribution in [0.25, 0.3) is 0 Å². The SMILES string of the molecule is CCOCCC1(C(=O)N2CCC(Cc3ccccc3C(=O)O)CC2)CCCC1. The molecular weight excluding hydrogens is 354 g/mol. The molecule has 0 radical (unpaired) electrons. The van der Waals surface area contributed by atoms with Crippen molar-refractivity contribution >= 4 is 11.9 Å². The second kappa shape index (κ2) is 9.55. The number of carboxylic acid groups (broad SMARTS) is 1. The molecule has 1 N–H and O–H groups in total. The van der Waals surface area contributed by atoms with Gasteiger partial charge >= 0.3 is 5.97 Å². The van der Waals surface area contributed by atoms with E-state index in [1.807, 2.05) is 19.1 Å². The average Bonchev–Trinajstić information content (AvgIpc) is 3.18. The number of hydrogen-bond donors (Lipinski definition) is 1. The maximum absolute atomic E-state index is 13.3. The number of benzene rings is 1. The molecule has 5 heteroatoms. The van der Waals surface area contributed by atoms with Gasteiger partial charge in [-0.15, -0.1) is 0 Å². The van der Waals surface area contributed by atoms with Crippen LogP contribution in [0.5, 0.6) is 0 Å². The van der Waals surface area contributed by atoms with Crippen LogP contribution in [-0.2, 0) is 16.0 Å². The first kappa shape index (κ1) is 20.8. The summed E-state index contributed by atoms with van der Waals surface area (Å²) in [5, 5.41) is 9.39. The summed E-state index contributed by atoms with van der Waals surface area (Å²) in [6.45, 7) is 4.94. The minimum absolute atomic E-state index is 0.210. The van der Waals surface area contributed by atoms with Crippen molar-refractivity contribution in [2.75, 3.05) is 26.3 Å². The number of likely N-dealkylation sites (tertiary alicyclic amines) is 1. The number of carbonyl (C=O) groups is 2. The number of piperidine rings is 1. The highest BCUT2D eigenvalue weighted by Gasteiger charge is 2.43. The van der Waals surface area contributed by atoms with Crippen molar-refractivity contribution in [2.24, 2.45) is 11.3 Å². The predicted molar refractivity (Wildman–Crippen MR) is 108 cm³/mol. The summed E-state index contributed by atoms with van der Waals surface area (Å²) in [4.78, 5) is 26.8. The van der Waals surface area contributed by atoms with Crippen molar-refractivity contribution in [3.05, 3.63) is 35.4 Å². The zero-order valence-electron chi connectivity index (χ0n) is 17.0. The topological polar surface area (TPSA) is 66.8 Å². The summed E-state index contributed by atoms with van der Waals surface area (Å²) in [5.74, 6) is -0.0951. The van der Waals surface area contributed by atoms with Crippen molar-refractivity contribution in [3.8, 4) is 0 Å². The number of nitrogens with zero attached hydrogens (tertiary/aromatic N) is 1. The average molecular weight is 388 g/mol. The molecule has 2 aliphatic rings. The van der Waals surface area contributed by atoms with Gasteiger partial charge in [-0.25, -0.2) is 4.79 Å². The molecule has 0 unspecified atom stereocenters. The van der Waals surface area contributed by atoms with Gasteiger partial charge in [-0.2, -0.15) is 0 Å². The molecule has 0 bridgehead atoms. The third-order valence-corrected chi connectivity index (χ3v) is 6.60. The molecule has 1 saturated heterocycles. The first-order valence-corrected chi connectivity index (χ1v) is 10.7. The second-order valence-corrected chi connectivity index (χ2v) is 8.34. The first-order chi connectivity index (χ1) is 13.6. The van der Waals surface area contributed by atoms with Gasteiger partial charge in [-0.3, -0.25) is 4.79 Å². The Hall–Kier alpha value is -1.88. The lowest BCUT2D eigenvalue weighted by molar-refractivity contribution is -0.144. The van der Waals surface area contributed by atoms with Crippen LogP contribution in [0.4, 0.5) is 0 Å². The molecule has 0 atom stereocenters. The van der Waals surface area contributed by atoms with Crippen molar-refractivity contribution in [1.29, 1.82) is 0 Å². The fourth-order valence-electron chi connectivity index (χ4n) is 4.93. The molecule has 3 rings (SSSR count). The number of aromatic carboxylic acids is 1. The summed E-state index contributed by atoms with van der Waals surface area (Å²) >= 11 is 0. The monoisotopic (exact) mass is 387 g/mol. The summed E-state index contributed by atoms with van der Waals surface area (Å²) in [7, 11) is 0. The number of rotatable bonds is 8. The summed E-state index contributed by atoms with van der Waals surface area (Å²) in [5.41, 5.74) is 1.10. The molecule has 154 valence electrons. The lowest BCUT2D eigenvalue weighted by Gasteiger charge is -2.38. The molecule has 28 heavy (non-hydrogen) atoms. The van der Waals surface area contributed by atoms with Gasteiger partial charge < -0.3 is 14.7 Å². The highest BCUT2D eigenvalue weighted by Crippen LogP contribution is 2.43. The standard InChI is InChI=1S/C23H33NO4/c1-2-28-16-13-23(11-5-6-12-23)22(27)24-14-9-18(10-15-24)17-19-7-3-4-8-20(19)21(25)26/h3-4,7-8,18H,2,5-6,9-17H2,1H3,(H,25,26). The molecule has 1 aliphatic carbocycles. The number of ether oxygens (including phenoxy) is 1. The van der Waals surface area contributed by atoms with Crippen LogP contribution in [0.15, 0.2) is 24.3 Å². The van der Waals surface area contributed by atoms with Crippen molar-refractivity contribution < 1.29 is 19.4 Å². The van der Waals surface area contributed by atoms with Gasteiger partial charge in [0.15, 0.2) is 0 Å². The van der Waals surface area contributed by atoms with E-state index in [-0.39, 0.29) is 5.41 Å². The summed E-state index contributed by atoms with van der Waals surface area (Å²) < 4.78 is 5.55. The molecule has 1 amide bonds. The van der Waals surface area contributed by atoms with E-state index in [2.05, 4.69) is 4.90 Å². The van der Waals surface area contributed by atoms with Crippen LogP contribution >= 0.6 is 0 Å². The van der Waals surface area contributed by atoms with Gasteiger partial charge in [-0.1, -0.05) is 31.0 Å². The van der Waals surface area contributed by atoms with Crippen LogP contribution < -0.4 is 0 Å². The van der Waals surface area contributed by atoms with Crippen LogP contribution in [-0.4, -0.2) is 48.2 Å². The van der Waals surface area contributed by atoms with E-state index in [1.54, 1.807) is 12.1 Å². The first-order valence-electron chi connectivity index (χ1n) is 10.7. The number of carbonyl (C=O) groups excluding carboxylic acids is 1. The lowest BCUT2D eigenvalue weighted by atomic mass is 9.80. The zero-order valence-corrected chi connectivity index (χ0v) is 17.0. The highest BCUT2D eigenvalue weighted by atomic mass is 16.5. The quantitative estimate of drug-likeness (QED) is 0.681. The molecule has 2 fully saturated rings. The third-order valence-electron chi connectivity index (χ3n) is 6.60. The minimum Gasteiger partial charge on any atom is -0.478 e. The summed E-state index contributed by atoms with van der Waals surface area (Å²) in [6.07, 6.45) is 7.77. The molecule has 0 spiro atoms. The maximum Gasteiger partial charge on any atom is 0.335 e. The molecule has 1 aromatic rings. The Morgan fingerprint density at radius 2 is 1.86 bits per heavy atom. The molecular formula is C23H33NO4. The van der Waals surface area contributed by atoms with Gasteiger partial charge in [0.1, 0.15) is 0 Å². The van der Waals surface area contributed by atoms with E-state index in [1.165, 1.54) is 0 Å². The van der Waals surface area contributed by atoms with Crippen LogP contribution in [0.1, 0.15) is 67.8 Å². The fourth-order valence-corrected chi connectivity index (χ4v) is 4.93. The molecule has 1 saturated carbocycles. The normalized spacial score (nSPS) is 19.7. The van der Waals surface area contributed by atoms with Crippen molar-refractivity contribution in [2.45, 2.75) is 58.3 Å². The van der Waals surface area contributed by atoms with E-state index >= 15 is 0 Å². The maximum atomic E-state index is 13.3. The van der Waals surface area contributed by atoms with Gasteiger partial charge in [0.25, 0.3) is 0 Å². The number of amides is 1. The lowest BCUT2D eigenvalue weighted by Crippen LogP contribution is -2.47. The second-order valence-electron chi connectivity index (χ2n) is 8.34.